The Labute approximate surface area is 122 Å². The number of hydrogen-bond acceptors (Lipinski definition) is 1. The molecule has 4 rings (SSSR count). The molecular formula is C19H26O. The lowest BCUT2D eigenvalue weighted by atomic mass is 9.51. The van der Waals surface area contributed by atoms with Gasteiger partial charge in [-0.2, -0.15) is 0 Å². The van der Waals surface area contributed by atoms with Gasteiger partial charge in [-0.25, -0.2) is 0 Å². The van der Waals surface area contributed by atoms with Crippen molar-refractivity contribution in [3.63, 3.8) is 0 Å². The van der Waals surface area contributed by atoms with Crippen molar-refractivity contribution in [2.45, 2.75) is 58.8 Å². The van der Waals surface area contributed by atoms with E-state index in [-0.39, 0.29) is 0 Å². The van der Waals surface area contributed by atoms with E-state index in [9.17, 15) is 4.79 Å². The van der Waals surface area contributed by atoms with Crippen molar-refractivity contribution in [2.75, 3.05) is 0 Å². The molecule has 0 heterocycles. The molecule has 2 saturated carbocycles. The van der Waals surface area contributed by atoms with Gasteiger partial charge in [-0.1, -0.05) is 24.1 Å². The van der Waals surface area contributed by atoms with Gasteiger partial charge >= 0.3 is 0 Å². The summed E-state index contributed by atoms with van der Waals surface area (Å²) in [7, 11) is 0. The van der Waals surface area contributed by atoms with E-state index in [0.717, 1.165) is 36.5 Å². The van der Waals surface area contributed by atoms with Crippen molar-refractivity contribution in [1.29, 1.82) is 0 Å². The maximum Gasteiger partial charge on any atom is 0.155 e. The van der Waals surface area contributed by atoms with Gasteiger partial charge in [0.1, 0.15) is 0 Å². The molecule has 4 aliphatic carbocycles. The molecule has 0 N–H and O–H groups in total. The Balaban J connectivity index is 1.64. The van der Waals surface area contributed by atoms with Gasteiger partial charge in [0, 0.05) is 6.42 Å². The Morgan fingerprint density at radius 1 is 1.15 bits per heavy atom. The largest absolute Gasteiger partial charge is 0.295 e. The van der Waals surface area contributed by atoms with Crippen LogP contribution in [0.4, 0.5) is 0 Å². The molecule has 0 spiro atoms. The number of rotatable bonds is 0. The van der Waals surface area contributed by atoms with Crippen LogP contribution in [-0.4, -0.2) is 5.78 Å². The predicted molar refractivity (Wildman–Crippen MR) is 81.2 cm³/mol. The second-order valence-electron chi connectivity index (χ2n) is 7.88. The first-order chi connectivity index (χ1) is 9.59. The highest BCUT2D eigenvalue weighted by atomic mass is 16.1. The molecule has 1 heteroatoms. The summed E-state index contributed by atoms with van der Waals surface area (Å²) in [5.74, 6) is 3.81. The lowest BCUT2D eigenvalue weighted by molar-refractivity contribution is -0.116. The normalized spacial score (nSPS) is 47.0. The Morgan fingerprint density at radius 3 is 2.85 bits per heavy atom. The summed E-state index contributed by atoms with van der Waals surface area (Å²) >= 11 is 0. The highest BCUT2D eigenvalue weighted by molar-refractivity contribution is 5.91. The first-order valence-electron chi connectivity index (χ1n) is 8.50. The fourth-order valence-electron chi connectivity index (χ4n) is 5.96. The van der Waals surface area contributed by atoms with Crippen LogP contribution in [0.3, 0.4) is 0 Å². The lowest BCUT2D eigenvalue weighted by Crippen LogP contribution is -2.45. The molecule has 0 bridgehead atoms. The highest BCUT2D eigenvalue weighted by Crippen LogP contribution is 2.61. The van der Waals surface area contributed by atoms with E-state index < -0.39 is 0 Å². The Morgan fingerprint density at radius 2 is 2.00 bits per heavy atom. The van der Waals surface area contributed by atoms with Crippen molar-refractivity contribution in [3.8, 4) is 0 Å². The van der Waals surface area contributed by atoms with Crippen molar-refractivity contribution in [2.24, 2.45) is 29.1 Å². The van der Waals surface area contributed by atoms with Crippen LogP contribution < -0.4 is 0 Å². The highest BCUT2D eigenvalue weighted by Gasteiger charge is 2.52. The summed E-state index contributed by atoms with van der Waals surface area (Å²) in [6.45, 7) is 4.87. The van der Waals surface area contributed by atoms with E-state index in [4.69, 9.17) is 0 Å². The molecule has 0 radical (unpaired) electrons. The van der Waals surface area contributed by atoms with E-state index in [0.29, 0.717) is 11.2 Å². The lowest BCUT2D eigenvalue weighted by Gasteiger charge is -2.53. The predicted octanol–water partition coefficient (Wildman–Crippen LogP) is 4.68. The van der Waals surface area contributed by atoms with Crippen LogP contribution in [0.15, 0.2) is 23.3 Å². The van der Waals surface area contributed by atoms with Gasteiger partial charge in [-0.3, -0.25) is 4.79 Å². The topological polar surface area (TPSA) is 17.1 Å². The van der Waals surface area contributed by atoms with E-state index in [1.54, 1.807) is 5.57 Å². The summed E-state index contributed by atoms with van der Waals surface area (Å²) in [5, 5.41) is 0. The molecule has 5 unspecified atom stereocenters. The molecule has 0 saturated heterocycles. The minimum Gasteiger partial charge on any atom is -0.295 e. The molecular weight excluding hydrogens is 244 g/mol. The average molecular weight is 270 g/mol. The quantitative estimate of drug-likeness (QED) is 0.584. The fourth-order valence-corrected chi connectivity index (χ4v) is 5.96. The summed E-state index contributed by atoms with van der Waals surface area (Å²) < 4.78 is 0. The molecule has 108 valence electrons. The molecule has 0 aromatic rings. The van der Waals surface area contributed by atoms with Gasteiger partial charge < -0.3 is 0 Å². The van der Waals surface area contributed by atoms with Crippen LogP contribution in [0, 0.1) is 29.1 Å². The summed E-state index contributed by atoms with van der Waals surface area (Å²) in [6.07, 6.45) is 13.1. The summed E-state index contributed by atoms with van der Waals surface area (Å²) in [6, 6.07) is 0. The maximum atomic E-state index is 11.7. The van der Waals surface area contributed by atoms with Crippen molar-refractivity contribution >= 4 is 5.78 Å². The van der Waals surface area contributed by atoms with Crippen LogP contribution in [0.2, 0.25) is 0 Å². The zero-order valence-corrected chi connectivity index (χ0v) is 12.8. The van der Waals surface area contributed by atoms with Crippen molar-refractivity contribution in [3.05, 3.63) is 23.3 Å². The third-order valence-electron chi connectivity index (χ3n) is 7.27. The van der Waals surface area contributed by atoms with Crippen molar-refractivity contribution in [1.82, 2.24) is 0 Å². The van der Waals surface area contributed by atoms with Crippen LogP contribution >= 0.6 is 0 Å². The van der Waals surface area contributed by atoms with E-state index in [2.05, 4.69) is 19.9 Å². The Kier molecular flexibility index (Phi) is 2.78. The number of allylic oxidation sites excluding steroid dienone is 4. The molecule has 20 heavy (non-hydrogen) atoms. The number of carbonyl (C=O) groups is 1. The summed E-state index contributed by atoms with van der Waals surface area (Å²) in [4.78, 5) is 11.7. The van der Waals surface area contributed by atoms with Crippen molar-refractivity contribution < 1.29 is 4.79 Å². The molecule has 0 aromatic heterocycles. The number of fused-ring (bicyclic) bond motifs is 5. The molecule has 4 aliphatic rings. The second-order valence-corrected chi connectivity index (χ2v) is 7.88. The third-order valence-corrected chi connectivity index (χ3v) is 7.27. The molecule has 1 nitrogen and oxygen atoms in total. The second kappa shape index (κ2) is 4.32. The number of hydrogen-bond donors (Lipinski definition) is 0. The molecule has 2 fully saturated rings. The van der Waals surface area contributed by atoms with E-state index in [1.165, 1.54) is 37.7 Å². The Bertz CT molecular complexity index is 512. The van der Waals surface area contributed by atoms with Crippen LogP contribution in [0.1, 0.15) is 58.8 Å². The van der Waals surface area contributed by atoms with Gasteiger partial charge in [0.15, 0.2) is 5.78 Å². The smallest absolute Gasteiger partial charge is 0.155 e. The minimum atomic E-state index is 0.383. The van der Waals surface area contributed by atoms with E-state index in [1.807, 2.05) is 6.08 Å². The van der Waals surface area contributed by atoms with Gasteiger partial charge in [-0.15, -0.1) is 0 Å². The van der Waals surface area contributed by atoms with Gasteiger partial charge in [-0.05, 0) is 80.6 Å². The van der Waals surface area contributed by atoms with Crippen LogP contribution in [-0.2, 0) is 4.79 Å². The van der Waals surface area contributed by atoms with Gasteiger partial charge in [0.2, 0.25) is 0 Å². The van der Waals surface area contributed by atoms with Crippen LogP contribution in [0.25, 0.3) is 0 Å². The molecule has 5 atom stereocenters. The fraction of sp³-hybridized carbons (Fsp3) is 0.737. The maximum absolute atomic E-state index is 11.7. The minimum absolute atomic E-state index is 0.383. The standard InChI is InChI=1S/C19H26O/c1-12-3-8-18-17-6-4-13-11-14(20)5-7-15(13)16(17)9-10-19(12,18)2/h3,11,15-18H,4-10H2,1-2H3. The molecule has 0 aliphatic heterocycles. The monoisotopic (exact) mass is 270 g/mol. The number of ketones is 1. The zero-order chi connectivity index (χ0) is 13.9. The Hall–Kier alpha value is -0.850. The first kappa shape index (κ1) is 12.9. The zero-order valence-electron chi connectivity index (χ0n) is 12.8. The first-order valence-corrected chi connectivity index (χ1v) is 8.50. The van der Waals surface area contributed by atoms with Gasteiger partial charge in [0.25, 0.3) is 0 Å². The molecule has 0 aromatic carbocycles. The number of carbonyl (C=O) groups excluding carboxylic acids is 1. The average Bonchev–Trinajstić information content (AvgIpc) is 2.74. The SMILES string of the molecule is CC1=CCC2C3CCC4=CC(=O)CCC4C3CCC12C. The van der Waals surface area contributed by atoms with Crippen LogP contribution in [0.5, 0.6) is 0 Å². The van der Waals surface area contributed by atoms with Gasteiger partial charge in [0.05, 0.1) is 0 Å². The van der Waals surface area contributed by atoms with E-state index >= 15 is 0 Å². The third kappa shape index (κ3) is 1.64. The summed E-state index contributed by atoms with van der Waals surface area (Å²) in [5.41, 5.74) is 3.65. The molecule has 0 amide bonds.